The number of halogens is 2. The number of ether oxygens (including phenoxy) is 1. The highest BCUT2D eigenvalue weighted by molar-refractivity contribution is 6.36. The first kappa shape index (κ1) is 20.7. The van der Waals surface area contributed by atoms with Crippen molar-refractivity contribution in [3.8, 4) is 5.69 Å². The highest BCUT2D eigenvalue weighted by Gasteiger charge is 2.23. The van der Waals surface area contributed by atoms with Crippen LogP contribution in [0.15, 0.2) is 36.5 Å². The second kappa shape index (κ2) is 8.03. The molecule has 1 fully saturated rings. The van der Waals surface area contributed by atoms with Gasteiger partial charge in [-0.25, -0.2) is 9.37 Å². The first-order valence-electron chi connectivity index (χ1n) is 10.4. The number of hydrogen-bond donors (Lipinski definition) is 1. The van der Waals surface area contributed by atoms with Gasteiger partial charge in [0.15, 0.2) is 0 Å². The van der Waals surface area contributed by atoms with Gasteiger partial charge in [-0.15, -0.1) is 0 Å². The second-order valence-electron chi connectivity index (χ2n) is 7.62. The van der Waals surface area contributed by atoms with Crippen molar-refractivity contribution in [1.82, 2.24) is 14.5 Å². The third kappa shape index (κ3) is 3.27. The van der Waals surface area contributed by atoms with Crippen molar-refractivity contribution in [2.24, 2.45) is 5.73 Å². The minimum Gasteiger partial charge on any atom is -0.378 e. The summed E-state index contributed by atoms with van der Waals surface area (Å²) in [6.45, 7) is 4.58. The van der Waals surface area contributed by atoms with Crippen molar-refractivity contribution in [2.45, 2.75) is 13.3 Å². The number of primary amides is 1. The smallest absolute Gasteiger partial charge is 0.251 e. The zero-order chi connectivity index (χ0) is 22.4. The summed E-state index contributed by atoms with van der Waals surface area (Å²) in [4.78, 5) is 23.4. The van der Waals surface area contributed by atoms with E-state index in [1.165, 1.54) is 12.1 Å². The van der Waals surface area contributed by atoms with E-state index in [0.717, 1.165) is 5.69 Å². The van der Waals surface area contributed by atoms with Crippen molar-refractivity contribution in [3.63, 3.8) is 0 Å². The van der Waals surface area contributed by atoms with E-state index in [-0.39, 0.29) is 5.52 Å². The Morgan fingerprint density at radius 2 is 2.00 bits per heavy atom. The van der Waals surface area contributed by atoms with Crippen molar-refractivity contribution < 1.29 is 13.9 Å². The molecule has 0 bridgehead atoms. The number of rotatable bonds is 4. The molecule has 1 saturated heterocycles. The summed E-state index contributed by atoms with van der Waals surface area (Å²) in [6, 6.07) is 8.36. The highest BCUT2D eigenvalue weighted by Crippen LogP contribution is 2.35. The highest BCUT2D eigenvalue weighted by atomic mass is 35.5. The minimum atomic E-state index is -0.555. The Kier molecular flexibility index (Phi) is 5.19. The largest absolute Gasteiger partial charge is 0.378 e. The standard InChI is InChI=1S/C23H21ClFN5O2/c1-2-19-28-21-14(23(26)31)11-13(29-7-9-32-10-8-29)12-18(21)30(19)17-5-6-27-22-16(25)4-3-15(24)20(17)22/h3-6,11-12H,2,7-10H2,1H3,(H2,26,31). The zero-order valence-corrected chi connectivity index (χ0v) is 18.2. The van der Waals surface area contributed by atoms with Gasteiger partial charge in [-0.2, -0.15) is 0 Å². The van der Waals surface area contributed by atoms with E-state index < -0.39 is 11.7 Å². The van der Waals surface area contributed by atoms with Gasteiger partial charge in [-0.1, -0.05) is 18.5 Å². The average Bonchev–Trinajstić information content (AvgIpc) is 3.19. The summed E-state index contributed by atoms with van der Waals surface area (Å²) in [5.74, 6) is -0.309. The Balaban J connectivity index is 1.86. The van der Waals surface area contributed by atoms with Gasteiger partial charge >= 0.3 is 0 Å². The lowest BCUT2D eigenvalue weighted by Crippen LogP contribution is -2.36. The molecule has 0 saturated carbocycles. The number of amides is 1. The van der Waals surface area contributed by atoms with E-state index in [1.807, 2.05) is 17.6 Å². The molecule has 2 aromatic heterocycles. The van der Waals surface area contributed by atoms with Gasteiger partial charge in [0, 0.05) is 36.8 Å². The van der Waals surface area contributed by atoms with Crippen LogP contribution >= 0.6 is 11.6 Å². The number of hydrogen-bond acceptors (Lipinski definition) is 5. The molecule has 0 aliphatic carbocycles. The number of anilines is 1. The fourth-order valence-corrected chi connectivity index (χ4v) is 4.52. The summed E-state index contributed by atoms with van der Waals surface area (Å²) in [5.41, 5.74) is 8.97. The van der Waals surface area contributed by atoms with Crippen LogP contribution in [0.1, 0.15) is 23.1 Å². The lowest BCUT2D eigenvalue weighted by Gasteiger charge is -2.29. The number of aromatic nitrogens is 3. The van der Waals surface area contributed by atoms with Gasteiger partial charge in [0.1, 0.15) is 22.7 Å². The van der Waals surface area contributed by atoms with Crippen LogP contribution in [0, 0.1) is 5.82 Å². The predicted molar refractivity (Wildman–Crippen MR) is 122 cm³/mol. The Hall–Kier alpha value is -3.23. The molecule has 7 nitrogen and oxygen atoms in total. The first-order chi connectivity index (χ1) is 15.5. The number of carbonyl (C=O) groups is 1. The number of morpholine rings is 1. The van der Waals surface area contributed by atoms with Crippen molar-refractivity contribution in [1.29, 1.82) is 0 Å². The maximum Gasteiger partial charge on any atom is 0.251 e. The minimum absolute atomic E-state index is 0.179. The molecule has 0 unspecified atom stereocenters. The summed E-state index contributed by atoms with van der Waals surface area (Å²) < 4.78 is 21.9. The molecule has 1 aliphatic heterocycles. The molecular weight excluding hydrogens is 433 g/mol. The van der Waals surface area contributed by atoms with Gasteiger partial charge in [0.05, 0.1) is 35.0 Å². The van der Waals surface area contributed by atoms with Crippen molar-refractivity contribution >= 4 is 45.1 Å². The number of fused-ring (bicyclic) bond motifs is 2. The van der Waals surface area contributed by atoms with Crippen LogP contribution in [0.25, 0.3) is 27.6 Å². The molecule has 0 radical (unpaired) electrons. The molecule has 0 atom stereocenters. The quantitative estimate of drug-likeness (QED) is 0.507. The van der Waals surface area contributed by atoms with Gasteiger partial charge in [0.25, 0.3) is 5.91 Å². The van der Waals surface area contributed by atoms with Crippen LogP contribution < -0.4 is 10.6 Å². The fourth-order valence-electron chi connectivity index (χ4n) is 4.27. The molecule has 4 aromatic rings. The maximum absolute atomic E-state index is 14.5. The number of pyridine rings is 1. The van der Waals surface area contributed by atoms with E-state index in [9.17, 15) is 9.18 Å². The number of nitrogens with zero attached hydrogens (tertiary/aromatic N) is 4. The molecule has 1 aliphatic rings. The lowest BCUT2D eigenvalue weighted by molar-refractivity contribution is 0.100. The number of imidazole rings is 1. The van der Waals surface area contributed by atoms with E-state index in [2.05, 4.69) is 9.88 Å². The van der Waals surface area contributed by atoms with Gasteiger partial charge in [0.2, 0.25) is 0 Å². The predicted octanol–water partition coefficient (Wildman–Crippen LogP) is 3.86. The maximum atomic E-state index is 14.5. The van der Waals surface area contributed by atoms with E-state index in [4.69, 9.17) is 27.1 Å². The van der Waals surface area contributed by atoms with E-state index in [0.29, 0.717) is 71.2 Å². The summed E-state index contributed by atoms with van der Waals surface area (Å²) in [7, 11) is 0. The topological polar surface area (TPSA) is 86.3 Å². The molecule has 3 heterocycles. The fraction of sp³-hybridized carbons (Fsp3) is 0.261. The number of carbonyl (C=O) groups excluding carboxylic acids is 1. The Morgan fingerprint density at radius 1 is 1.22 bits per heavy atom. The third-order valence-corrected chi connectivity index (χ3v) is 6.10. The van der Waals surface area contributed by atoms with Crippen molar-refractivity contribution in [2.75, 3.05) is 31.2 Å². The zero-order valence-electron chi connectivity index (χ0n) is 17.4. The molecule has 1 amide bonds. The lowest BCUT2D eigenvalue weighted by atomic mass is 10.1. The van der Waals surface area contributed by atoms with Crippen molar-refractivity contribution in [3.05, 3.63) is 58.8 Å². The average molecular weight is 454 g/mol. The van der Waals surface area contributed by atoms with Crippen LogP contribution in [-0.4, -0.2) is 46.7 Å². The van der Waals surface area contributed by atoms with Crippen LogP contribution in [-0.2, 0) is 11.2 Å². The normalized spacial score (nSPS) is 14.4. The van der Waals surface area contributed by atoms with Gasteiger partial charge < -0.3 is 15.4 Å². The molecule has 2 aromatic carbocycles. The van der Waals surface area contributed by atoms with Gasteiger partial charge in [-0.05, 0) is 30.3 Å². The monoisotopic (exact) mass is 453 g/mol. The third-order valence-electron chi connectivity index (χ3n) is 5.78. The molecule has 9 heteroatoms. The second-order valence-corrected chi connectivity index (χ2v) is 8.03. The van der Waals surface area contributed by atoms with Gasteiger partial charge in [-0.3, -0.25) is 14.3 Å². The molecule has 0 spiro atoms. The van der Waals surface area contributed by atoms with Crippen LogP contribution in [0.5, 0.6) is 0 Å². The Morgan fingerprint density at radius 3 is 2.72 bits per heavy atom. The molecule has 2 N–H and O–H groups in total. The van der Waals surface area contributed by atoms with E-state index >= 15 is 0 Å². The number of aryl methyl sites for hydroxylation is 1. The molecule has 164 valence electrons. The Bertz CT molecular complexity index is 1360. The summed E-state index contributed by atoms with van der Waals surface area (Å²) >= 11 is 6.50. The molecule has 5 rings (SSSR count). The Labute approximate surface area is 188 Å². The SMILES string of the molecule is CCc1nc2c(C(N)=O)cc(N3CCOCC3)cc2n1-c1ccnc2c(F)ccc(Cl)c12. The number of benzene rings is 2. The van der Waals surface area contributed by atoms with Crippen LogP contribution in [0.2, 0.25) is 5.02 Å². The molecule has 32 heavy (non-hydrogen) atoms. The number of nitrogens with two attached hydrogens (primary N) is 1. The molecular formula is C23H21ClFN5O2. The first-order valence-corrected chi connectivity index (χ1v) is 10.8. The van der Waals surface area contributed by atoms with Crippen LogP contribution in [0.3, 0.4) is 0 Å². The summed E-state index contributed by atoms with van der Waals surface area (Å²) in [6.07, 6.45) is 2.12. The van der Waals surface area contributed by atoms with E-state index in [1.54, 1.807) is 18.3 Å². The van der Waals surface area contributed by atoms with Crippen LogP contribution in [0.4, 0.5) is 10.1 Å². The summed E-state index contributed by atoms with van der Waals surface area (Å²) in [5, 5.41) is 0.869.